The Morgan fingerprint density at radius 2 is 2.06 bits per heavy atom. The van der Waals surface area contributed by atoms with Gasteiger partial charge in [-0.3, -0.25) is 0 Å². The summed E-state index contributed by atoms with van der Waals surface area (Å²) in [5.74, 6) is 0. The van der Waals surface area contributed by atoms with Gasteiger partial charge in [0.1, 0.15) is 0 Å². The summed E-state index contributed by atoms with van der Waals surface area (Å²) in [4.78, 5) is 16.5. The second-order valence-electron chi connectivity index (χ2n) is 3.37. The molecule has 0 saturated heterocycles. The maximum absolute atomic E-state index is 11.4. The van der Waals surface area contributed by atoms with Gasteiger partial charge in [0.15, 0.2) is 7.11 Å². The molecule has 0 aliphatic carbocycles. The standard InChI is InChI=1S/C10H14BrN2O2.C2H6S/c1-3-12-7-8-9(11)5-4-6-10(8)13(14)15-2;1-3-2/h4-6,12H,3,7H2,1-2H3;1-2H3/q+1;. The highest BCUT2D eigenvalue weighted by atomic mass is 79.9. The second-order valence-corrected chi connectivity index (χ2v) is 5.04. The minimum atomic E-state index is 0.511. The van der Waals surface area contributed by atoms with E-state index in [0.29, 0.717) is 17.2 Å². The second kappa shape index (κ2) is 10.3. The van der Waals surface area contributed by atoms with E-state index >= 15 is 0 Å². The molecule has 0 bridgehead atoms. The molecule has 0 atom stereocenters. The topological polar surface area (TPSA) is 41.3 Å². The van der Waals surface area contributed by atoms with Crippen LogP contribution in [0.2, 0.25) is 0 Å². The first-order valence-corrected chi connectivity index (χ1v) is 7.94. The van der Waals surface area contributed by atoms with Crippen LogP contribution in [-0.2, 0) is 11.4 Å². The van der Waals surface area contributed by atoms with Crippen LogP contribution in [0.5, 0.6) is 0 Å². The molecule has 0 spiro atoms. The van der Waals surface area contributed by atoms with Crippen LogP contribution in [0.4, 0.5) is 5.69 Å². The van der Waals surface area contributed by atoms with Crippen LogP contribution < -0.4 is 5.32 Å². The van der Waals surface area contributed by atoms with Gasteiger partial charge >= 0.3 is 5.69 Å². The third kappa shape index (κ3) is 5.84. The minimum absolute atomic E-state index is 0.511. The van der Waals surface area contributed by atoms with Crippen LogP contribution in [0.3, 0.4) is 0 Å². The molecule has 0 saturated carbocycles. The lowest BCUT2D eigenvalue weighted by molar-refractivity contribution is -0.737. The lowest BCUT2D eigenvalue weighted by Crippen LogP contribution is -2.14. The third-order valence-corrected chi connectivity index (χ3v) is 2.75. The van der Waals surface area contributed by atoms with Crippen LogP contribution in [0, 0.1) is 4.91 Å². The van der Waals surface area contributed by atoms with Gasteiger partial charge in [-0.15, -0.1) is 0 Å². The summed E-state index contributed by atoms with van der Waals surface area (Å²) in [5, 5.41) is 3.17. The number of nitrogens with one attached hydrogen (secondary N) is 1. The van der Waals surface area contributed by atoms with Crippen molar-refractivity contribution in [2.75, 3.05) is 26.2 Å². The van der Waals surface area contributed by atoms with Crippen molar-refractivity contribution >= 4 is 33.4 Å². The van der Waals surface area contributed by atoms with Crippen LogP contribution in [0.25, 0.3) is 0 Å². The predicted molar refractivity (Wildman–Crippen MR) is 81.3 cm³/mol. The van der Waals surface area contributed by atoms with Crippen molar-refractivity contribution in [2.24, 2.45) is 0 Å². The fourth-order valence-corrected chi connectivity index (χ4v) is 1.74. The Labute approximate surface area is 121 Å². The molecule has 0 amide bonds. The van der Waals surface area contributed by atoms with Crippen molar-refractivity contribution in [3.05, 3.63) is 33.1 Å². The van der Waals surface area contributed by atoms with E-state index < -0.39 is 0 Å². The Morgan fingerprint density at radius 1 is 1.44 bits per heavy atom. The molecule has 0 unspecified atom stereocenters. The summed E-state index contributed by atoms with van der Waals surface area (Å²) in [6, 6.07) is 5.44. The Kier molecular flexibility index (Phi) is 10.0. The van der Waals surface area contributed by atoms with E-state index in [-0.39, 0.29) is 0 Å². The van der Waals surface area contributed by atoms with E-state index in [9.17, 15) is 4.91 Å². The monoisotopic (exact) mass is 335 g/mol. The van der Waals surface area contributed by atoms with Crippen LogP contribution >= 0.6 is 27.7 Å². The Bertz CT molecular complexity index is 375. The molecule has 4 nitrogen and oxygen atoms in total. The predicted octanol–water partition coefficient (Wildman–Crippen LogP) is 3.51. The molecule has 6 heteroatoms. The van der Waals surface area contributed by atoms with Crippen molar-refractivity contribution in [1.29, 1.82) is 0 Å². The molecular weight excluding hydrogens is 316 g/mol. The Balaban J connectivity index is 0.000000873. The molecular formula is C12H20BrN2O2S+. The number of halogens is 1. The Hall–Kier alpha value is -0.590. The minimum Gasteiger partial charge on any atom is -0.313 e. The fourth-order valence-electron chi connectivity index (χ4n) is 1.24. The summed E-state index contributed by atoms with van der Waals surface area (Å²) >= 11 is 5.16. The smallest absolute Gasteiger partial charge is 0.313 e. The number of nitrogens with zero attached hydrogens (tertiary/aromatic N) is 1. The molecule has 0 heterocycles. The van der Waals surface area contributed by atoms with E-state index in [1.807, 2.05) is 25.5 Å². The lowest BCUT2D eigenvalue weighted by atomic mass is 10.2. The van der Waals surface area contributed by atoms with Gasteiger partial charge < -0.3 is 5.32 Å². The molecule has 102 valence electrons. The van der Waals surface area contributed by atoms with Crippen LogP contribution in [0.15, 0.2) is 22.7 Å². The van der Waals surface area contributed by atoms with Gasteiger partial charge in [0.2, 0.25) is 0 Å². The highest BCUT2D eigenvalue weighted by Crippen LogP contribution is 2.26. The molecule has 1 aromatic rings. The first kappa shape index (κ1) is 17.4. The van der Waals surface area contributed by atoms with E-state index in [0.717, 1.165) is 16.6 Å². The molecule has 1 N–H and O–H groups in total. The van der Waals surface area contributed by atoms with Crippen molar-refractivity contribution in [3.8, 4) is 0 Å². The van der Waals surface area contributed by atoms with Crippen molar-refractivity contribution in [2.45, 2.75) is 13.5 Å². The molecule has 0 aromatic heterocycles. The molecule has 0 aliphatic rings. The van der Waals surface area contributed by atoms with E-state index in [4.69, 9.17) is 0 Å². The van der Waals surface area contributed by atoms with Crippen molar-refractivity contribution in [3.63, 3.8) is 0 Å². The van der Waals surface area contributed by atoms with Gasteiger partial charge in [0.05, 0.1) is 10.5 Å². The fraction of sp³-hybridized carbons (Fsp3) is 0.500. The maximum atomic E-state index is 11.4. The van der Waals surface area contributed by atoms with E-state index in [1.54, 1.807) is 23.9 Å². The molecule has 18 heavy (non-hydrogen) atoms. The third-order valence-electron chi connectivity index (χ3n) is 2.01. The average Bonchev–Trinajstić information content (AvgIpc) is 2.37. The Morgan fingerprint density at radius 3 is 2.56 bits per heavy atom. The highest BCUT2D eigenvalue weighted by Gasteiger charge is 2.21. The summed E-state index contributed by atoms with van der Waals surface area (Å²) < 4.78 is 0.902. The lowest BCUT2D eigenvalue weighted by Gasteiger charge is -2.04. The molecule has 1 aromatic carbocycles. The molecule has 0 radical (unpaired) electrons. The normalized spacial score (nSPS) is 9.39. The van der Waals surface area contributed by atoms with Crippen LogP contribution in [0.1, 0.15) is 12.5 Å². The zero-order valence-corrected chi connectivity index (χ0v) is 13.6. The number of hydrogen-bond acceptors (Lipinski definition) is 4. The zero-order valence-electron chi connectivity index (χ0n) is 11.2. The number of benzene rings is 1. The first-order valence-electron chi connectivity index (χ1n) is 5.51. The average molecular weight is 336 g/mol. The number of rotatable bonds is 5. The van der Waals surface area contributed by atoms with Gasteiger partial charge in [-0.05, 0) is 25.1 Å². The van der Waals surface area contributed by atoms with Gasteiger partial charge in [-0.25, -0.2) is 4.84 Å². The van der Waals surface area contributed by atoms with Crippen molar-refractivity contribution in [1.82, 2.24) is 5.32 Å². The maximum Gasteiger partial charge on any atom is 0.322 e. The van der Waals surface area contributed by atoms with Gasteiger partial charge in [-0.1, -0.05) is 28.9 Å². The number of thioether (sulfide) groups is 1. The summed E-state index contributed by atoms with van der Waals surface area (Å²) in [6.07, 6.45) is 4.08. The first-order chi connectivity index (χ1) is 8.62. The highest BCUT2D eigenvalue weighted by molar-refractivity contribution is 9.10. The van der Waals surface area contributed by atoms with Gasteiger partial charge in [0.25, 0.3) is 4.92 Å². The SMILES string of the molecule is CCNCc1c(Br)cccc1[N+](=O)OC.CSC. The zero-order chi connectivity index (χ0) is 14.0. The largest absolute Gasteiger partial charge is 0.322 e. The summed E-state index contributed by atoms with van der Waals surface area (Å²) in [5.41, 5.74) is 1.42. The van der Waals surface area contributed by atoms with Gasteiger partial charge in [-0.2, -0.15) is 11.8 Å². The summed E-state index contributed by atoms with van der Waals surface area (Å²) in [6.45, 7) is 3.50. The van der Waals surface area contributed by atoms with Crippen molar-refractivity contribution < 1.29 is 9.76 Å². The van der Waals surface area contributed by atoms with E-state index in [2.05, 4.69) is 26.1 Å². The molecule has 1 rings (SSSR count). The summed E-state index contributed by atoms with van der Waals surface area (Å²) in [7, 11) is 1.35. The van der Waals surface area contributed by atoms with E-state index in [1.165, 1.54) is 7.11 Å². The molecule has 0 aliphatic heterocycles. The quantitative estimate of drug-likeness (QED) is 0.836. The number of hydrogen-bond donors (Lipinski definition) is 1. The van der Waals surface area contributed by atoms with Gasteiger partial charge in [0, 0.05) is 17.1 Å². The van der Waals surface area contributed by atoms with Crippen LogP contribution in [-0.4, -0.2) is 31.1 Å². The molecule has 0 fully saturated rings.